The highest BCUT2D eigenvalue weighted by Gasteiger charge is 2.23. The predicted molar refractivity (Wildman–Crippen MR) is 68.6 cm³/mol. The van der Waals surface area contributed by atoms with Crippen LogP contribution in [0.5, 0.6) is 0 Å². The van der Waals surface area contributed by atoms with E-state index in [0.29, 0.717) is 12.3 Å². The number of hydrogen-bond acceptors (Lipinski definition) is 3. The topological polar surface area (TPSA) is 40.5 Å². The van der Waals surface area contributed by atoms with Gasteiger partial charge >= 0.3 is 0 Å². The van der Waals surface area contributed by atoms with E-state index in [1.807, 2.05) is 31.2 Å². The Kier molecular flexibility index (Phi) is 4.31. The number of rotatable bonds is 3. The van der Waals surface area contributed by atoms with Crippen molar-refractivity contribution in [3.63, 3.8) is 0 Å². The second-order valence-corrected chi connectivity index (χ2v) is 6.13. The van der Waals surface area contributed by atoms with Gasteiger partial charge < -0.3 is 5.21 Å². The Labute approximate surface area is 105 Å². The summed E-state index contributed by atoms with van der Waals surface area (Å²) >= 11 is 0. The lowest BCUT2D eigenvalue weighted by atomic mass is 10.1. The summed E-state index contributed by atoms with van der Waals surface area (Å²) in [6.07, 6.45) is 3.09. The summed E-state index contributed by atoms with van der Waals surface area (Å²) in [6, 6.07) is 7.83. The summed E-state index contributed by atoms with van der Waals surface area (Å²) in [7, 11) is -1.01. The van der Waals surface area contributed by atoms with Gasteiger partial charge in [0.25, 0.3) is 0 Å². The molecule has 4 heteroatoms. The molecule has 0 aromatic heterocycles. The fourth-order valence-corrected chi connectivity index (χ4v) is 3.44. The molecule has 1 aliphatic heterocycles. The van der Waals surface area contributed by atoms with Crippen LogP contribution in [-0.2, 0) is 10.8 Å². The molecule has 0 amide bonds. The SMILES string of the molecule is Cc1ccc([S@](=O)CC2CCCCN2O)cc1. The lowest BCUT2D eigenvalue weighted by molar-refractivity contribution is -0.134. The summed E-state index contributed by atoms with van der Waals surface area (Å²) in [6.45, 7) is 2.72. The smallest absolute Gasteiger partial charge is 0.0546 e. The highest BCUT2D eigenvalue weighted by Crippen LogP contribution is 2.18. The van der Waals surface area contributed by atoms with Crippen molar-refractivity contribution in [3.8, 4) is 0 Å². The summed E-state index contributed by atoms with van der Waals surface area (Å²) in [5, 5.41) is 11.1. The zero-order valence-electron chi connectivity index (χ0n) is 10.1. The number of nitrogens with zero attached hydrogens (tertiary/aromatic N) is 1. The van der Waals surface area contributed by atoms with E-state index in [2.05, 4.69) is 0 Å². The first-order valence-electron chi connectivity index (χ1n) is 6.07. The van der Waals surface area contributed by atoms with Crippen LogP contribution in [0.4, 0.5) is 0 Å². The van der Waals surface area contributed by atoms with Gasteiger partial charge in [-0.05, 0) is 31.9 Å². The van der Waals surface area contributed by atoms with Gasteiger partial charge in [0.05, 0.1) is 10.8 Å². The first-order valence-corrected chi connectivity index (χ1v) is 7.39. The van der Waals surface area contributed by atoms with Gasteiger partial charge in [0.1, 0.15) is 0 Å². The Morgan fingerprint density at radius 2 is 2.06 bits per heavy atom. The van der Waals surface area contributed by atoms with Gasteiger partial charge in [-0.25, -0.2) is 0 Å². The van der Waals surface area contributed by atoms with E-state index >= 15 is 0 Å². The molecule has 1 unspecified atom stereocenters. The van der Waals surface area contributed by atoms with Crippen LogP contribution in [0.25, 0.3) is 0 Å². The maximum absolute atomic E-state index is 12.1. The Balaban J connectivity index is 1.98. The van der Waals surface area contributed by atoms with Crippen LogP contribution in [0, 0.1) is 6.92 Å². The normalized spacial score (nSPS) is 23.5. The molecule has 1 fully saturated rings. The zero-order valence-corrected chi connectivity index (χ0v) is 10.9. The molecular formula is C13H19NO2S. The molecule has 1 saturated heterocycles. The molecule has 1 aromatic carbocycles. The molecule has 17 heavy (non-hydrogen) atoms. The van der Waals surface area contributed by atoms with Gasteiger partial charge in [0, 0.05) is 23.2 Å². The predicted octanol–water partition coefficient (Wildman–Crippen LogP) is 2.35. The van der Waals surface area contributed by atoms with E-state index in [1.54, 1.807) is 0 Å². The lowest BCUT2D eigenvalue weighted by Crippen LogP contribution is -2.40. The number of hydroxylamine groups is 2. The maximum Gasteiger partial charge on any atom is 0.0546 e. The number of benzene rings is 1. The molecular weight excluding hydrogens is 234 g/mol. The Morgan fingerprint density at radius 3 is 2.71 bits per heavy atom. The third kappa shape index (κ3) is 3.37. The van der Waals surface area contributed by atoms with Gasteiger partial charge in [0.2, 0.25) is 0 Å². The minimum absolute atomic E-state index is 0.0471. The molecule has 2 rings (SSSR count). The first-order chi connectivity index (χ1) is 8.16. The molecule has 1 aliphatic rings. The molecule has 1 heterocycles. The van der Waals surface area contributed by atoms with Crippen LogP contribution in [-0.4, -0.2) is 32.8 Å². The van der Waals surface area contributed by atoms with E-state index in [9.17, 15) is 9.42 Å². The quantitative estimate of drug-likeness (QED) is 0.899. The molecule has 0 bridgehead atoms. The van der Waals surface area contributed by atoms with E-state index < -0.39 is 10.8 Å². The van der Waals surface area contributed by atoms with Crippen molar-refractivity contribution in [2.75, 3.05) is 12.3 Å². The van der Waals surface area contributed by atoms with Crippen molar-refractivity contribution in [1.29, 1.82) is 0 Å². The number of aryl methyl sites for hydroxylation is 1. The van der Waals surface area contributed by atoms with Crippen LogP contribution in [0.1, 0.15) is 24.8 Å². The van der Waals surface area contributed by atoms with Crippen molar-refractivity contribution in [2.45, 2.75) is 37.1 Å². The molecule has 1 N–H and O–H groups in total. The summed E-state index contributed by atoms with van der Waals surface area (Å²) in [5.41, 5.74) is 1.17. The van der Waals surface area contributed by atoms with Crippen molar-refractivity contribution >= 4 is 10.8 Å². The van der Waals surface area contributed by atoms with Crippen LogP contribution in [0.2, 0.25) is 0 Å². The fourth-order valence-electron chi connectivity index (χ4n) is 2.12. The maximum atomic E-state index is 12.1. The van der Waals surface area contributed by atoms with Crippen molar-refractivity contribution in [3.05, 3.63) is 29.8 Å². The monoisotopic (exact) mass is 253 g/mol. The van der Waals surface area contributed by atoms with Crippen LogP contribution in [0.3, 0.4) is 0 Å². The molecule has 0 radical (unpaired) electrons. The van der Waals surface area contributed by atoms with Crippen LogP contribution < -0.4 is 0 Å². The first kappa shape index (κ1) is 12.7. The molecule has 0 spiro atoms. The van der Waals surface area contributed by atoms with Crippen LogP contribution >= 0.6 is 0 Å². The van der Waals surface area contributed by atoms with Gasteiger partial charge in [-0.15, -0.1) is 0 Å². The van der Waals surface area contributed by atoms with Crippen molar-refractivity contribution in [2.24, 2.45) is 0 Å². The fraction of sp³-hybridized carbons (Fsp3) is 0.538. The summed E-state index contributed by atoms with van der Waals surface area (Å²) in [4.78, 5) is 0.856. The standard InChI is InChI=1S/C13H19NO2S/c1-11-5-7-13(8-6-11)17(16)10-12-4-2-3-9-14(12)15/h5-8,12,15H,2-4,9-10H2,1H3/t12?,17-/m1/s1. The molecule has 1 aromatic rings. The zero-order chi connectivity index (χ0) is 12.3. The number of hydrogen-bond donors (Lipinski definition) is 1. The van der Waals surface area contributed by atoms with Gasteiger partial charge in [-0.2, -0.15) is 5.06 Å². The molecule has 2 atom stereocenters. The second kappa shape index (κ2) is 5.76. The van der Waals surface area contributed by atoms with E-state index in [0.717, 1.165) is 24.2 Å². The summed E-state index contributed by atoms with van der Waals surface area (Å²) < 4.78 is 12.1. The van der Waals surface area contributed by atoms with Crippen LogP contribution in [0.15, 0.2) is 29.2 Å². The Hall–Kier alpha value is -0.710. The van der Waals surface area contributed by atoms with E-state index in [4.69, 9.17) is 0 Å². The highest BCUT2D eigenvalue weighted by molar-refractivity contribution is 7.85. The minimum atomic E-state index is -1.01. The molecule has 0 saturated carbocycles. The minimum Gasteiger partial charge on any atom is -0.314 e. The Bertz CT molecular complexity index is 391. The van der Waals surface area contributed by atoms with Gasteiger partial charge in [0.15, 0.2) is 0 Å². The molecule has 0 aliphatic carbocycles. The third-order valence-corrected chi connectivity index (χ3v) is 4.71. The Morgan fingerprint density at radius 1 is 1.35 bits per heavy atom. The van der Waals surface area contributed by atoms with E-state index in [1.165, 1.54) is 10.6 Å². The molecule has 3 nitrogen and oxygen atoms in total. The van der Waals surface area contributed by atoms with E-state index in [-0.39, 0.29) is 6.04 Å². The number of piperidine rings is 1. The third-order valence-electron chi connectivity index (χ3n) is 3.22. The summed E-state index contributed by atoms with van der Waals surface area (Å²) in [5.74, 6) is 0.527. The largest absolute Gasteiger partial charge is 0.314 e. The van der Waals surface area contributed by atoms with Gasteiger partial charge in [-0.3, -0.25) is 4.21 Å². The lowest BCUT2D eigenvalue weighted by Gasteiger charge is -2.29. The average molecular weight is 253 g/mol. The van der Waals surface area contributed by atoms with Crippen molar-refractivity contribution in [1.82, 2.24) is 5.06 Å². The second-order valence-electron chi connectivity index (χ2n) is 4.64. The van der Waals surface area contributed by atoms with Crippen molar-refractivity contribution < 1.29 is 9.42 Å². The van der Waals surface area contributed by atoms with Gasteiger partial charge in [-0.1, -0.05) is 24.1 Å². The average Bonchev–Trinajstić information content (AvgIpc) is 2.33. The highest BCUT2D eigenvalue weighted by atomic mass is 32.2. The molecule has 94 valence electrons.